The van der Waals surface area contributed by atoms with E-state index in [9.17, 15) is 0 Å². The number of ether oxygens (including phenoxy) is 2. The van der Waals surface area contributed by atoms with Crippen molar-refractivity contribution >= 4 is 0 Å². The summed E-state index contributed by atoms with van der Waals surface area (Å²) in [5.74, 6) is 0.467. The first kappa shape index (κ1) is 9.01. The Hall–Kier alpha value is -0.0800. The van der Waals surface area contributed by atoms with E-state index in [1.165, 1.54) is 0 Å². The Kier molecular flexibility index (Phi) is 2.90. The van der Waals surface area contributed by atoms with E-state index >= 15 is 0 Å². The monoisotopic (exact) mass is 158 g/mol. The van der Waals surface area contributed by atoms with Crippen LogP contribution in [0.2, 0.25) is 0 Å². The van der Waals surface area contributed by atoms with Gasteiger partial charge in [0.05, 0.1) is 12.2 Å². The fraction of sp³-hybridized carbons (Fsp3) is 1.00. The van der Waals surface area contributed by atoms with E-state index in [-0.39, 0.29) is 12.4 Å². The van der Waals surface area contributed by atoms with Gasteiger partial charge < -0.3 is 9.47 Å². The van der Waals surface area contributed by atoms with E-state index in [1.807, 2.05) is 0 Å². The Morgan fingerprint density at radius 1 is 1.27 bits per heavy atom. The number of hydrogen-bond acceptors (Lipinski definition) is 2. The summed E-state index contributed by atoms with van der Waals surface area (Å²) in [6.07, 6.45) is 1.65. The predicted molar refractivity (Wildman–Crippen MR) is 44.3 cm³/mol. The van der Waals surface area contributed by atoms with Gasteiger partial charge in [-0.25, -0.2) is 0 Å². The van der Waals surface area contributed by atoms with Crippen molar-refractivity contribution in [1.29, 1.82) is 0 Å². The molecule has 0 aliphatic carbocycles. The molecule has 0 amide bonds. The van der Waals surface area contributed by atoms with Gasteiger partial charge in [-0.05, 0) is 13.3 Å². The lowest BCUT2D eigenvalue weighted by atomic mass is 10.2. The second kappa shape index (κ2) is 3.55. The van der Waals surface area contributed by atoms with Crippen LogP contribution in [0.5, 0.6) is 0 Å². The van der Waals surface area contributed by atoms with Crippen LogP contribution in [0.25, 0.3) is 0 Å². The third-order valence-electron chi connectivity index (χ3n) is 2.13. The van der Waals surface area contributed by atoms with E-state index in [1.54, 1.807) is 0 Å². The first-order chi connectivity index (χ1) is 5.15. The Morgan fingerprint density at radius 2 is 1.91 bits per heavy atom. The highest BCUT2D eigenvalue weighted by atomic mass is 16.7. The van der Waals surface area contributed by atoms with Crippen LogP contribution in [0.15, 0.2) is 0 Å². The molecular weight excluding hydrogens is 140 g/mol. The van der Waals surface area contributed by atoms with Gasteiger partial charge in [-0.3, -0.25) is 0 Å². The average molecular weight is 158 g/mol. The molecule has 1 aliphatic rings. The van der Waals surface area contributed by atoms with Gasteiger partial charge >= 0.3 is 0 Å². The van der Waals surface area contributed by atoms with E-state index in [2.05, 4.69) is 27.7 Å². The number of rotatable bonds is 2. The molecule has 0 saturated carbocycles. The Morgan fingerprint density at radius 3 is 2.18 bits per heavy atom. The summed E-state index contributed by atoms with van der Waals surface area (Å²) >= 11 is 0. The summed E-state index contributed by atoms with van der Waals surface area (Å²) in [6.45, 7) is 8.45. The molecule has 0 N–H and O–H groups in total. The summed E-state index contributed by atoms with van der Waals surface area (Å²) in [7, 11) is 0. The first-order valence-corrected chi connectivity index (χ1v) is 4.46. The van der Waals surface area contributed by atoms with Crippen LogP contribution in [-0.2, 0) is 9.47 Å². The Balaban J connectivity index is 2.43. The second-order valence-corrected chi connectivity index (χ2v) is 3.54. The van der Waals surface area contributed by atoms with Gasteiger partial charge in [-0.1, -0.05) is 20.8 Å². The molecule has 0 radical (unpaired) electrons. The van der Waals surface area contributed by atoms with E-state index in [0.29, 0.717) is 12.0 Å². The van der Waals surface area contributed by atoms with Gasteiger partial charge in [0.1, 0.15) is 0 Å². The molecule has 0 bridgehead atoms. The van der Waals surface area contributed by atoms with Crippen LogP contribution in [0.4, 0.5) is 0 Å². The molecule has 3 atom stereocenters. The Bertz CT molecular complexity index is 123. The SMILES string of the molecule is CCC1OC(C(C)C)OC1C. The molecule has 0 aromatic carbocycles. The van der Waals surface area contributed by atoms with Crippen LogP contribution in [0, 0.1) is 5.92 Å². The highest BCUT2D eigenvalue weighted by Crippen LogP contribution is 2.25. The van der Waals surface area contributed by atoms with Gasteiger partial charge in [0.2, 0.25) is 0 Å². The summed E-state index contributed by atoms with van der Waals surface area (Å²) in [5, 5.41) is 0. The van der Waals surface area contributed by atoms with Crippen LogP contribution in [-0.4, -0.2) is 18.5 Å². The highest BCUT2D eigenvalue weighted by molar-refractivity contribution is 4.73. The molecule has 1 heterocycles. The third kappa shape index (κ3) is 1.94. The maximum atomic E-state index is 5.66. The fourth-order valence-corrected chi connectivity index (χ4v) is 1.36. The average Bonchev–Trinajstić information content (AvgIpc) is 2.31. The van der Waals surface area contributed by atoms with Crippen molar-refractivity contribution in [2.24, 2.45) is 5.92 Å². The molecule has 1 fully saturated rings. The quantitative estimate of drug-likeness (QED) is 0.613. The minimum atomic E-state index is 0.0231. The zero-order valence-corrected chi connectivity index (χ0v) is 7.83. The van der Waals surface area contributed by atoms with Crippen LogP contribution < -0.4 is 0 Å². The third-order valence-corrected chi connectivity index (χ3v) is 2.13. The lowest BCUT2D eigenvalue weighted by molar-refractivity contribution is -0.0938. The standard InChI is InChI=1S/C9H18O2/c1-5-8-7(4)10-9(11-8)6(2)3/h6-9H,5H2,1-4H3. The second-order valence-electron chi connectivity index (χ2n) is 3.54. The van der Waals surface area contributed by atoms with E-state index < -0.39 is 0 Å². The highest BCUT2D eigenvalue weighted by Gasteiger charge is 2.32. The maximum Gasteiger partial charge on any atom is 0.160 e. The molecule has 11 heavy (non-hydrogen) atoms. The van der Waals surface area contributed by atoms with Crippen molar-refractivity contribution in [3.8, 4) is 0 Å². The lowest BCUT2D eigenvalue weighted by Crippen LogP contribution is -2.17. The zero-order valence-electron chi connectivity index (χ0n) is 7.83. The van der Waals surface area contributed by atoms with Gasteiger partial charge in [-0.15, -0.1) is 0 Å². The minimum absolute atomic E-state index is 0.0231. The van der Waals surface area contributed by atoms with Gasteiger partial charge in [-0.2, -0.15) is 0 Å². The molecule has 1 saturated heterocycles. The van der Waals surface area contributed by atoms with Crippen molar-refractivity contribution < 1.29 is 9.47 Å². The fourth-order valence-electron chi connectivity index (χ4n) is 1.36. The number of hydrogen-bond donors (Lipinski definition) is 0. The smallest absolute Gasteiger partial charge is 0.160 e. The molecule has 1 rings (SSSR count). The topological polar surface area (TPSA) is 18.5 Å². The molecule has 3 unspecified atom stereocenters. The van der Waals surface area contributed by atoms with E-state index in [0.717, 1.165) is 6.42 Å². The van der Waals surface area contributed by atoms with Crippen molar-refractivity contribution in [1.82, 2.24) is 0 Å². The molecule has 0 spiro atoms. The normalized spacial score (nSPS) is 38.5. The van der Waals surface area contributed by atoms with Crippen molar-refractivity contribution in [3.05, 3.63) is 0 Å². The van der Waals surface area contributed by atoms with Gasteiger partial charge in [0, 0.05) is 5.92 Å². The largest absolute Gasteiger partial charge is 0.347 e. The molecule has 0 aromatic heterocycles. The summed E-state index contributed by atoms with van der Waals surface area (Å²) in [6, 6.07) is 0. The lowest BCUT2D eigenvalue weighted by Gasteiger charge is -2.13. The van der Waals surface area contributed by atoms with Crippen LogP contribution in [0.1, 0.15) is 34.1 Å². The zero-order chi connectivity index (χ0) is 8.43. The maximum absolute atomic E-state index is 5.66. The van der Waals surface area contributed by atoms with E-state index in [4.69, 9.17) is 9.47 Å². The molecule has 0 aromatic rings. The van der Waals surface area contributed by atoms with Crippen LogP contribution >= 0.6 is 0 Å². The summed E-state index contributed by atoms with van der Waals surface area (Å²) in [5.41, 5.74) is 0. The van der Waals surface area contributed by atoms with Crippen LogP contribution in [0.3, 0.4) is 0 Å². The Labute approximate surface area is 68.9 Å². The van der Waals surface area contributed by atoms with Gasteiger partial charge in [0.25, 0.3) is 0 Å². The molecular formula is C9H18O2. The minimum Gasteiger partial charge on any atom is -0.347 e. The van der Waals surface area contributed by atoms with Crippen molar-refractivity contribution in [3.63, 3.8) is 0 Å². The molecule has 66 valence electrons. The van der Waals surface area contributed by atoms with Crippen molar-refractivity contribution in [2.45, 2.75) is 52.6 Å². The summed E-state index contributed by atoms with van der Waals surface area (Å²) in [4.78, 5) is 0. The van der Waals surface area contributed by atoms with Gasteiger partial charge in [0.15, 0.2) is 6.29 Å². The summed E-state index contributed by atoms with van der Waals surface area (Å²) < 4.78 is 11.3. The first-order valence-electron chi connectivity index (χ1n) is 4.46. The molecule has 2 heteroatoms. The predicted octanol–water partition coefficient (Wildman–Crippen LogP) is 2.18. The molecule has 2 nitrogen and oxygen atoms in total. The van der Waals surface area contributed by atoms with Crippen molar-refractivity contribution in [2.75, 3.05) is 0 Å². The molecule has 1 aliphatic heterocycles.